The largest absolute Gasteiger partial charge is 0.309 e. The van der Waals surface area contributed by atoms with E-state index in [4.69, 9.17) is 0 Å². The summed E-state index contributed by atoms with van der Waals surface area (Å²) >= 11 is 0. The molecule has 2 heteroatoms. The van der Waals surface area contributed by atoms with Crippen molar-refractivity contribution in [1.29, 1.82) is 0 Å². The molecular formula is C56H36N2. The van der Waals surface area contributed by atoms with Gasteiger partial charge in [0.2, 0.25) is 0 Å². The van der Waals surface area contributed by atoms with Crippen LogP contribution in [0.5, 0.6) is 0 Å². The van der Waals surface area contributed by atoms with Gasteiger partial charge < -0.3 is 9.13 Å². The summed E-state index contributed by atoms with van der Waals surface area (Å²) in [4.78, 5) is 0. The number of hydrogen-bond donors (Lipinski definition) is 0. The van der Waals surface area contributed by atoms with Gasteiger partial charge in [-0.3, -0.25) is 0 Å². The summed E-state index contributed by atoms with van der Waals surface area (Å²) in [7, 11) is 0. The molecule has 270 valence electrons. The first-order chi connectivity index (χ1) is 28.8. The van der Waals surface area contributed by atoms with Gasteiger partial charge in [0.15, 0.2) is 0 Å². The molecule has 0 fully saturated rings. The number of aromatic nitrogens is 2. The normalized spacial score (nSPS) is 13.6. The van der Waals surface area contributed by atoms with Crippen LogP contribution in [0, 0.1) is 0 Å². The Morgan fingerprint density at radius 3 is 1.66 bits per heavy atom. The van der Waals surface area contributed by atoms with Crippen LogP contribution in [-0.2, 0) is 11.8 Å². The monoisotopic (exact) mass is 736 g/mol. The first kappa shape index (κ1) is 31.7. The van der Waals surface area contributed by atoms with Crippen molar-refractivity contribution in [3.63, 3.8) is 0 Å². The average Bonchev–Trinajstić information content (AvgIpc) is 4.02. The third-order valence-electron chi connectivity index (χ3n) is 13.2. The predicted octanol–water partition coefficient (Wildman–Crippen LogP) is 13.8. The Kier molecular flexibility index (Phi) is 6.46. The Balaban J connectivity index is 1.07. The van der Waals surface area contributed by atoms with Crippen LogP contribution < -0.4 is 0 Å². The Labute approximate surface area is 336 Å². The lowest BCUT2D eigenvalue weighted by atomic mass is 9.67. The van der Waals surface area contributed by atoms with Crippen molar-refractivity contribution in [2.75, 3.05) is 0 Å². The molecule has 0 bridgehead atoms. The molecule has 0 unspecified atom stereocenters. The van der Waals surface area contributed by atoms with Crippen LogP contribution in [-0.4, -0.2) is 9.13 Å². The topological polar surface area (TPSA) is 9.86 Å². The summed E-state index contributed by atoms with van der Waals surface area (Å²) in [5.41, 5.74) is 20.2. The van der Waals surface area contributed by atoms with Crippen LogP contribution in [0.25, 0.3) is 77.2 Å². The average molecular weight is 737 g/mol. The molecule has 2 nitrogen and oxygen atoms in total. The maximum Gasteiger partial charge on any atom is 0.0713 e. The highest BCUT2D eigenvalue weighted by Crippen LogP contribution is 2.57. The zero-order chi connectivity index (χ0) is 38.0. The number of hydrogen-bond acceptors (Lipinski definition) is 0. The third kappa shape index (κ3) is 4.11. The fraction of sp³-hybridized carbons (Fsp3) is 0.0357. The van der Waals surface area contributed by atoms with Gasteiger partial charge in [-0.2, -0.15) is 0 Å². The summed E-state index contributed by atoms with van der Waals surface area (Å²) in [5.74, 6) is 0. The maximum atomic E-state index is 2.53. The lowest BCUT2D eigenvalue weighted by Crippen LogP contribution is -2.28. The van der Waals surface area contributed by atoms with Crippen molar-refractivity contribution in [1.82, 2.24) is 9.13 Å². The zero-order valence-electron chi connectivity index (χ0n) is 31.7. The summed E-state index contributed by atoms with van der Waals surface area (Å²) in [6.45, 7) is 0. The second kappa shape index (κ2) is 11.8. The minimum atomic E-state index is -0.458. The third-order valence-corrected chi connectivity index (χ3v) is 13.2. The van der Waals surface area contributed by atoms with E-state index in [9.17, 15) is 0 Å². The molecule has 0 aliphatic heterocycles. The minimum Gasteiger partial charge on any atom is -0.309 e. The van der Waals surface area contributed by atoms with Crippen LogP contribution in [0.4, 0.5) is 0 Å². The van der Waals surface area contributed by atoms with E-state index in [2.05, 4.69) is 215 Å². The SMILES string of the molecule is c1ccc(-n2c3ccc(C4(c5ccccc5)c5ccccc5-c5ccccc54)cc3c3ccc4c(c32)Cc2ccc(-n3c5ccccc5c5ccccc53)cc2-4)cc1. The van der Waals surface area contributed by atoms with E-state index < -0.39 is 5.41 Å². The molecule has 0 spiro atoms. The molecule has 0 N–H and O–H groups in total. The highest BCUT2D eigenvalue weighted by molar-refractivity contribution is 6.13. The summed E-state index contributed by atoms with van der Waals surface area (Å²) in [6.07, 6.45) is 0.889. The lowest BCUT2D eigenvalue weighted by molar-refractivity contribution is 0.770. The number of nitrogens with zero attached hydrogens (tertiary/aromatic N) is 2. The van der Waals surface area contributed by atoms with Crippen molar-refractivity contribution >= 4 is 43.6 Å². The van der Waals surface area contributed by atoms with Crippen molar-refractivity contribution in [3.05, 3.63) is 240 Å². The van der Waals surface area contributed by atoms with Crippen molar-refractivity contribution in [2.45, 2.75) is 11.8 Å². The molecule has 13 rings (SSSR count). The Bertz CT molecular complexity index is 3380. The van der Waals surface area contributed by atoms with Crippen molar-refractivity contribution in [3.8, 4) is 33.6 Å². The fourth-order valence-electron chi connectivity index (χ4n) is 10.9. The molecule has 0 atom stereocenters. The van der Waals surface area contributed by atoms with Gasteiger partial charge in [0.1, 0.15) is 0 Å². The molecule has 2 aromatic heterocycles. The summed E-state index contributed by atoms with van der Waals surface area (Å²) in [6, 6.07) is 76.9. The van der Waals surface area contributed by atoms with E-state index in [1.807, 2.05) is 0 Å². The second-order valence-corrected chi connectivity index (χ2v) is 16.0. The number of benzene rings is 9. The molecule has 2 heterocycles. The quantitative estimate of drug-likeness (QED) is 0.170. The molecule has 2 aliphatic rings. The first-order valence-corrected chi connectivity index (χ1v) is 20.3. The Hall–Kier alpha value is -7.42. The molecule has 58 heavy (non-hydrogen) atoms. The maximum absolute atomic E-state index is 2.53. The summed E-state index contributed by atoms with van der Waals surface area (Å²) in [5, 5.41) is 5.13. The molecule has 0 amide bonds. The Morgan fingerprint density at radius 2 is 0.948 bits per heavy atom. The number of rotatable bonds is 4. The summed E-state index contributed by atoms with van der Waals surface area (Å²) < 4.78 is 4.96. The second-order valence-electron chi connectivity index (χ2n) is 16.0. The van der Waals surface area contributed by atoms with Gasteiger partial charge in [0.25, 0.3) is 0 Å². The first-order valence-electron chi connectivity index (χ1n) is 20.3. The van der Waals surface area contributed by atoms with Gasteiger partial charge >= 0.3 is 0 Å². The zero-order valence-corrected chi connectivity index (χ0v) is 31.7. The van der Waals surface area contributed by atoms with Gasteiger partial charge in [-0.15, -0.1) is 0 Å². The fourth-order valence-corrected chi connectivity index (χ4v) is 10.9. The minimum absolute atomic E-state index is 0.458. The van der Waals surface area contributed by atoms with Crippen LogP contribution in [0.15, 0.2) is 206 Å². The molecule has 11 aromatic rings. The van der Waals surface area contributed by atoms with Gasteiger partial charge in [-0.25, -0.2) is 0 Å². The number of fused-ring (bicyclic) bond motifs is 13. The highest BCUT2D eigenvalue weighted by Gasteiger charge is 2.46. The molecule has 9 aromatic carbocycles. The molecule has 0 saturated heterocycles. The smallest absolute Gasteiger partial charge is 0.0713 e. The highest BCUT2D eigenvalue weighted by atomic mass is 15.0. The van der Waals surface area contributed by atoms with Gasteiger partial charge in [-0.05, 0) is 104 Å². The Morgan fingerprint density at radius 1 is 0.345 bits per heavy atom. The van der Waals surface area contributed by atoms with Gasteiger partial charge in [-0.1, -0.05) is 158 Å². The van der Waals surface area contributed by atoms with Gasteiger partial charge in [0.05, 0.1) is 27.5 Å². The number of para-hydroxylation sites is 3. The van der Waals surface area contributed by atoms with Crippen LogP contribution in [0.3, 0.4) is 0 Å². The van der Waals surface area contributed by atoms with E-state index in [-0.39, 0.29) is 0 Å². The van der Waals surface area contributed by atoms with E-state index >= 15 is 0 Å². The molecule has 2 aliphatic carbocycles. The van der Waals surface area contributed by atoms with Crippen LogP contribution in [0.2, 0.25) is 0 Å². The van der Waals surface area contributed by atoms with Gasteiger partial charge in [0, 0.05) is 39.3 Å². The van der Waals surface area contributed by atoms with Crippen molar-refractivity contribution < 1.29 is 0 Å². The van der Waals surface area contributed by atoms with Crippen LogP contribution in [0.1, 0.15) is 33.4 Å². The molecule has 0 radical (unpaired) electrons. The molecular weight excluding hydrogens is 701 g/mol. The lowest BCUT2D eigenvalue weighted by Gasteiger charge is -2.34. The van der Waals surface area contributed by atoms with E-state index in [0.717, 1.165) is 6.42 Å². The van der Waals surface area contributed by atoms with E-state index in [1.165, 1.54) is 111 Å². The molecule has 0 saturated carbocycles. The van der Waals surface area contributed by atoms with Crippen LogP contribution >= 0.6 is 0 Å². The predicted molar refractivity (Wildman–Crippen MR) is 241 cm³/mol. The van der Waals surface area contributed by atoms with E-state index in [1.54, 1.807) is 0 Å². The standard InChI is InChI=1S/C56H36N2/c1-3-15-37(16-4-1)56(50-23-11-7-19-42(50)43-20-8-12-24-51(43)56)38-28-32-54-48(34-38)46-31-30-41-47-35-40(57-52-25-13-9-21-44(52)45-22-10-14-26-53(45)57)29-27-36(47)33-49(41)55(46)58(54)39-17-5-2-6-18-39/h1-32,34-35H,33H2. The van der Waals surface area contributed by atoms with Crippen molar-refractivity contribution in [2.24, 2.45) is 0 Å². The van der Waals surface area contributed by atoms with E-state index in [0.29, 0.717) is 0 Å².